The minimum Gasteiger partial charge on any atom is -0.342 e. The van der Waals surface area contributed by atoms with E-state index in [2.05, 4.69) is 20.6 Å². The summed E-state index contributed by atoms with van der Waals surface area (Å²) in [5.74, 6) is 0.950. The summed E-state index contributed by atoms with van der Waals surface area (Å²) in [6.45, 7) is 0.607. The minimum absolute atomic E-state index is 0.184. The van der Waals surface area contributed by atoms with Gasteiger partial charge < -0.3 is 15.6 Å². The molecule has 112 valence electrons. The molecule has 0 aliphatic rings. The Morgan fingerprint density at radius 3 is 2.64 bits per heavy atom. The number of imidazole rings is 1. The van der Waals surface area contributed by atoms with Crippen LogP contribution in [0.3, 0.4) is 0 Å². The Bertz CT molecular complexity index is 718. The Morgan fingerprint density at radius 1 is 1.05 bits per heavy atom. The molecular formula is C17H18N4O. The van der Waals surface area contributed by atoms with Gasteiger partial charge in [0.25, 0.3) is 0 Å². The number of fused-ring (bicyclic) bond motifs is 1. The first kappa shape index (κ1) is 14.1. The van der Waals surface area contributed by atoms with E-state index in [1.54, 1.807) is 0 Å². The number of aryl methyl sites for hydroxylation is 1. The topological polar surface area (TPSA) is 69.8 Å². The van der Waals surface area contributed by atoms with Crippen LogP contribution in [0.15, 0.2) is 54.6 Å². The SMILES string of the molecule is O=C(NCCCc1nc2ccccc2[nH]1)Nc1ccccc1. The lowest BCUT2D eigenvalue weighted by Crippen LogP contribution is -2.29. The monoisotopic (exact) mass is 294 g/mol. The van der Waals surface area contributed by atoms with Crippen LogP contribution in [-0.2, 0) is 6.42 Å². The van der Waals surface area contributed by atoms with Gasteiger partial charge in [-0.2, -0.15) is 0 Å². The molecule has 0 unspecified atom stereocenters. The van der Waals surface area contributed by atoms with Gasteiger partial charge in [-0.15, -0.1) is 0 Å². The number of hydrogen-bond acceptors (Lipinski definition) is 2. The number of nitrogens with one attached hydrogen (secondary N) is 3. The standard InChI is InChI=1S/C17H18N4O/c22-17(19-13-7-2-1-3-8-13)18-12-6-11-16-20-14-9-4-5-10-15(14)21-16/h1-5,7-10H,6,11-12H2,(H,20,21)(H2,18,19,22). The van der Waals surface area contributed by atoms with Crippen molar-refractivity contribution in [2.45, 2.75) is 12.8 Å². The number of benzene rings is 2. The molecule has 3 N–H and O–H groups in total. The van der Waals surface area contributed by atoms with Gasteiger partial charge >= 0.3 is 6.03 Å². The van der Waals surface area contributed by atoms with E-state index >= 15 is 0 Å². The fraction of sp³-hybridized carbons (Fsp3) is 0.176. The van der Waals surface area contributed by atoms with E-state index < -0.39 is 0 Å². The number of carbonyl (C=O) groups is 1. The number of H-pyrrole nitrogens is 1. The summed E-state index contributed by atoms with van der Waals surface area (Å²) in [7, 11) is 0. The molecule has 0 fully saturated rings. The zero-order chi connectivity index (χ0) is 15.2. The molecule has 22 heavy (non-hydrogen) atoms. The molecule has 0 atom stereocenters. The first-order valence-corrected chi connectivity index (χ1v) is 7.35. The van der Waals surface area contributed by atoms with Gasteiger partial charge in [0.2, 0.25) is 0 Å². The number of carbonyl (C=O) groups excluding carboxylic acids is 1. The van der Waals surface area contributed by atoms with Crippen LogP contribution in [0, 0.1) is 0 Å². The Hall–Kier alpha value is -2.82. The lowest BCUT2D eigenvalue weighted by molar-refractivity contribution is 0.252. The summed E-state index contributed by atoms with van der Waals surface area (Å²) in [6.07, 6.45) is 1.64. The van der Waals surface area contributed by atoms with E-state index in [-0.39, 0.29) is 6.03 Å². The summed E-state index contributed by atoms with van der Waals surface area (Å²) in [5, 5.41) is 5.63. The van der Waals surface area contributed by atoms with Crippen LogP contribution in [-0.4, -0.2) is 22.5 Å². The number of anilines is 1. The van der Waals surface area contributed by atoms with Gasteiger partial charge in [0, 0.05) is 18.7 Å². The van der Waals surface area contributed by atoms with Crippen molar-refractivity contribution in [1.82, 2.24) is 15.3 Å². The van der Waals surface area contributed by atoms with E-state index in [1.165, 1.54) is 0 Å². The predicted octanol–water partition coefficient (Wildman–Crippen LogP) is 3.32. The number of urea groups is 1. The molecule has 0 saturated heterocycles. The molecule has 5 heteroatoms. The summed E-state index contributed by atoms with van der Waals surface area (Å²) < 4.78 is 0. The number of aromatic amines is 1. The number of aromatic nitrogens is 2. The maximum absolute atomic E-state index is 11.7. The minimum atomic E-state index is -0.184. The molecule has 3 rings (SSSR count). The van der Waals surface area contributed by atoms with Crippen LogP contribution in [0.2, 0.25) is 0 Å². The largest absolute Gasteiger partial charge is 0.342 e. The van der Waals surface area contributed by atoms with Crippen LogP contribution >= 0.6 is 0 Å². The van der Waals surface area contributed by atoms with Gasteiger partial charge in [-0.3, -0.25) is 0 Å². The van der Waals surface area contributed by atoms with Gasteiger partial charge in [0.05, 0.1) is 11.0 Å². The molecule has 0 aliphatic heterocycles. The highest BCUT2D eigenvalue weighted by atomic mass is 16.2. The lowest BCUT2D eigenvalue weighted by Gasteiger charge is -2.06. The van der Waals surface area contributed by atoms with Crippen molar-refractivity contribution in [3.8, 4) is 0 Å². The van der Waals surface area contributed by atoms with Crippen molar-refractivity contribution in [3.05, 3.63) is 60.4 Å². The second-order valence-corrected chi connectivity index (χ2v) is 5.05. The van der Waals surface area contributed by atoms with Gasteiger partial charge in [-0.1, -0.05) is 30.3 Å². The fourth-order valence-electron chi connectivity index (χ4n) is 2.28. The van der Waals surface area contributed by atoms with Crippen LogP contribution in [0.4, 0.5) is 10.5 Å². The highest BCUT2D eigenvalue weighted by Gasteiger charge is 2.03. The lowest BCUT2D eigenvalue weighted by atomic mass is 10.3. The van der Waals surface area contributed by atoms with Gasteiger partial charge in [0.1, 0.15) is 5.82 Å². The molecule has 0 saturated carbocycles. The first-order chi connectivity index (χ1) is 10.8. The molecule has 0 spiro atoms. The van der Waals surface area contributed by atoms with Gasteiger partial charge in [0.15, 0.2) is 0 Å². The van der Waals surface area contributed by atoms with Crippen LogP contribution in [0.1, 0.15) is 12.2 Å². The molecule has 5 nitrogen and oxygen atoms in total. The van der Waals surface area contributed by atoms with E-state index in [1.807, 2.05) is 54.6 Å². The molecule has 0 radical (unpaired) electrons. The third kappa shape index (κ3) is 3.63. The van der Waals surface area contributed by atoms with Crippen molar-refractivity contribution in [2.24, 2.45) is 0 Å². The second-order valence-electron chi connectivity index (χ2n) is 5.05. The smallest absolute Gasteiger partial charge is 0.319 e. The summed E-state index contributed by atoms with van der Waals surface area (Å²) >= 11 is 0. The molecule has 1 heterocycles. The van der Waals surface area contributed by atoms with Crippen molar-refractivity contribution in [1.29, 1.82) is 0 Å². The number of hydrogen-bond donors (Lipinski definition) is 3. The number of amides is 2. The van der Waals surface area contributed by atoms with Crippen molar-refractivity contribution >= 4 is 22.8 Å². The van der Waals surface area contributed by atoms with Crippen molar-refractivity contribution in [2.75, 3.05) is 11.9 Å². The van der Waals surface area contributed by atoms with Crippen LogP contribution < -0.4 is 10.6 Å². The van der Waals surface area contributed by atoms with Gasteiger partial charge in [-0.25, -0.2) is 9.78 Å². The zero-order valence-corrected chi connectivity index (χ0v) is 12.2. The van der Waals surface area contributed by atoms with Crippen molar-refractivity contribution in [3.63, 3.8) is 0 Å². The Morgan fingerprint density at radius 2 is 1.82 bits per heavy atom. The molecule has 2 amide bonds. The molecule has 0 bridgehead atoms. The normalized spacial score (nSPS) is 10.5. The first-order valence-electron chi connectivity index (χ1n) is 7.35. The predicted molar refractivity (Wildman–Crippen MR) is 87.9 cm³/mol. The number of para-hydroxylation sites is 3. The number of rotatable bonds is 5. The third-order valence-corrected chi connectivity index (χ3v) is 3.35. The molecule has 0 aliphatic carbocycles. The van der Waals surface area contributed by atoms with E-state index in [9.17, 15) is 4.79 Å². The summed E-state index contributed by atoms with van der Waals surface area (Å²) in [5.41, 5.74) is 2.82. The Labute approximate surface area is 128 Å². The van der Waals surface area contributed by atoms with E-state index in [0.717, 1.165) is 35.4 Å². The highest BCUT2D eigenvalue weighted by Crippen LogP contribution is 2.11. The van der Waals surface area contributed by atoms with Crippen molar-refractivity contribution < 1.29 is 4.79 Å². The number of nitrogens with zero attached hydrogens (tertiary/aromatic N) is 1. The van der Waals surface area contributed by atoms with E-state index in [4.69, 9.17) is 0 Å². The molecule has 2 aromatic carbocycles. The summed E-state index contributed by atoms with van der Waals surface area (Å²) in [4.78, 5) is 19.5. The fourth-order valence-corrected chi connectivity index (χ4v) is 2.28. The average molecular weight is 294 g/mol. The molecule has 3 aromatic rings. The molecule has 1 aromatic heterocycles. The Kier molecular flexibility index (Phi) is 4.34. The summed E-state index contributed by atoms with van der Waals surface area (Å²) in [6, 6.07) is 17.2. The van der Waals surface area contributed by atoms with E-state index in [0.29, 0.717) is 6.54 Å². The van der Waals surface area contributed by atoms with Crippen LogP contribution in [0.25, 0.3) is 11.0 Å². The van der Waals surface area contributed by atoms with Crippen LogP contribution in [0.5, 0.6) is 0 Å². The Balaban J connectivity index is 1.42. The highest BCUT2D eigenvalue weighted by molar-refractivity contribution is 5.89. The van der Waals surface area contributed by atoms with Gasteiger partial charge in [-0.05, 0) is 30.7 Å². The second kappa shape index (κ2) is 6.76. The quantitative estimate of drug-likeness (QED) is 0.632. The maximum Gasteiger partial charge on any atom is 0.319 e. The third-order valence-electron chi connectivity index (χ3n) is 3.35. The zero-order valence-electron chi connectivity index (χ0n) is 12.2. The maximum atomic E-state index is 11.7. The molecular weight excluding hydrogens is 276 g/mol. The average Bonchev–Trinajstić information content (AvgIpc) is 2.95.